The van der Waals surface area contributed by atoms with Crippen LogP contribution in [0.25, 0.3) is 0 Å². The van der Waals surface area contributed by atoms with Crippen LogP contribution in [-0.4, -0.2) is 17.1 Å². The molecular formula is C7H8ClNO3. The van der Waals surface area contributed by atoms with Gasteiger partial charge in [-0.15, -0.1) is 0 Å². The molecule has 0 N–H and O–H groups in total. The first-order valence-electron chi connectivity index (χ1n) is 3.34. The lowest BCUT2D eigenvalue weighted by atomic mass is 10.1. The minimum absolute atomic E-state index is 0.0642. The Morgan fingerprint density at radius 3 is 3.00 bits per heavy atom. The Bertz CT molecular complexity index is 261. The molecule has 0 amide bonds. The number of nitrogens with zero attached hydrogens (tertiary/aromatic N) is 1. The highest BCUT2D eigenvalue weighted by Gasteiger charge is 2.32. The SMILES string of the molecule is COC1(Cl)C=CC=C([N+](=O)[O-])C1. The zero-order valence-electron chi connectivity index (χ0n) is 6.49. The van der Waals surface area contributed by atoms with E-state index >= 15 is 0 Å². The van der Waals surface area contributed by atoms with E-state index in [1.54, 1.807) is 6.08 Å². The first kappa shape index (κ1) is 9.22. The summed E-state index contributed by atoms with van der Waals surface area (Å²) in [7, 11) is 1.42. The Kier molecular flexibility index (Phi) is 2.49. The van der Waals surface area contributed by atoms with Gasteiger partial charge in [0.15, 0.2) is 5.06 Å². The monoisotopic (exact) mass is 189 g/mol. The minimum atomic E-state index is -1.04. The van der Waals surface area contributed by atoms with Crippen molar-refractivity contribution >= 4 is 11.6 Å². The van der Waals surface area contributed by atoms with Crippen LogP contribution in [0.1, 0.15) is 6.42 Å². The van der Waals surface area contributed by atoms with Gasteiger partial charge in [0.25, 0.3) is 5.70 Å². The molecule has 0 fully saturated rings. The third-order valence-electron chi connectivity index (χ3n) is 1.63. The van der Waals surface area contributed by atoms with Crippen molar-refractivity contribution in [2.24, 2.45) is 0 Å². The molecule has 0 saturated heterocycles. The van der Waals surface area contributed by atoms with Crippen LogP contribution in [0.5, 0.6) is 0 Å². The van der Waals surface area contributed by atoms with Gasteiger partial charge >= 0.3 is 0 Å². The summed E-state index contributed by atoms with van der Waals surface area (Å²) >= 11 is 5.84. The van der Waals surface area contributed by atoms with Crippen LogP contribution >= 0.6 is 11.6 Å². The van der Waals surface area contributed by atoms with Gasteiger partial charge in [-0.3, -0.25) is 10.1 Å². The third-order valence-corrected chi connectivity index (χ3v) is 2.04. The predicted octanol–water partition coefficient (Wildman–Crippen LogP) is 1.69. The van der Waals surface area contributed by atoms with Gasteiger partial charge in [0.05, 0.1) is 11.3 Å². The second kappa shape index (κ2) is 3.25. The third kappa shape index (κ3) is 1.84. The number of nitro groups is 1. The van der Waals surface area contributed by atoms with Gasteiger partial charge < -0.3 is 4.74 Å². The summed E-state index contributed by atoms with van der Waals surface area (Å²) in [6, 6.07) is 0. The Labute approximate surface area is 74.6 Å². The summed E-state index contributed by atoms with van der Waals surface area (Å²) in [5.74, 6) is 0. The van der Waals surface area contributed by atoms with Gasteiger partial charge in [-0.25, -0.2) is 0 Å². The van der Waals surface area contributed by atoms with E-state index in [1.165, 1.54) is 19.3 Å². The number of halogens is 1. The lowest BCUT2D eigenvalue weighted by Gasteiger charge is -2.21. The van der Waals surface area contributed by atoms with Gasteiger partial charge in [0, 0.05) is 13.2 Å². The topological polar surface area (TPSA) is 52.4 Å². The highest BCUT2D eigenvalue weighted by Crippen LogP contribution is 2.30. The summed E-state index contributed by atoms with van der Waals surface area (Å²) in [4.78, 5) is 9.89. The maximum Gasteiger partial charge on any atom is 0.250 e. The average Bonchev–Trinajstić information content (AvgIpc) is 2.05. The maximum absolute atomic E-state index is 10.3. The normalized spacial score (nSPS) is 28.3. The van der Waals surface area contributed by atoms with Crippen molar-refractivity contribution in [2.75, 3.05) is 7.11 Å². The van der Waals surface area contributed by atoms with Crippen molar-refractivity contribution in [2.45, 2.75) is 11.5 Å². The van der Waals surface area contributed by atoms with Crippen LogP contribution < -0.4 is 0 Å². The van der Waals surface area contributed by atoms with Crippen LogP contribution in [0.15, 0.2) is 23.9 Å². The molecule has 0 aliphatic heterocycles. The Hall–Kier alpha value is -0.870. The minimum Gasteiger partial charge on any atom is -0.359 e. The molecule has 66 valence electrons. The highest BCUT2D eigenvalue weighted by molar-refractivity contribution is 6.24. The molecule has 1 unspecified atom stereocenters. The molecule has 0 radical (unpaired) electrons. The van der Waals surface area contributed by atoms with Crippen molar-refractivity contribution in [3.8, 4) is 0 Å². The van der Waals surface area contributed by atoms with Crippen molar-refractivity contribution < 1.29 is 9.66 Å². The summed E-state index contributed by atoms with van der Waals surface area (Å²) in [5, 5.41) is 9.30. The summed E-state index contributed by atoms with van der Waals surface area (Å²) in [6.45, 7) is 0. The fourth-order valence-corrected chi connectivity index (χ4v) is 1.14. The van der Waals surface area contributed by atoms with Gasteiger partial charge in [0.1, 0.15) is 0 Å². The fourth-order valence-electron chi connectivity index (χ4n) is 0.933. The number of ether oxygens (including phenoxy) is 1. The Balaban J connectivity index is 2.80. The Morgan fingerprint density at radius 2 is 2.50 bits per heavy atom. The molecule has 1 atom stereocenters. The van der Waals surface area contributed by atoms with E-state index in [4.69, 9.17) is 16.3 Å². The molecule has 0 aromatic rings. The van der Waals surface area contributed by atoms with Gasteiger partial charge in [-0.2, -0.15) is 0 Å². The molecule has 4 nitrogen and oxygen atoms in total. The molecule has 12 heavy (non-hydrogen) atoms. The van der Waals surface area contributed by atoms with E-state index in [0.717, 1.165) is 0 Å². The molecule has 0 saturated carbocycles. The summed E-state index contributed by atoms with van der Waals surface area (Å²) in [6.07, 6.45) is 4.62. The second-order valence-electron chi connectivity index (χ2n) is 2.44. The lowest BCUT2D eigenvalue weighted by Crippen LogP contribution is -2.25. The van der Waals surface area contributed by atoms with Crippen LogP contribution in [0.2, 0.25) is 0 Å². The average molecular weight is 190 g/mol. The van der Waals surface area contributed by atoms with E-state index in [2.05, 4.69) is 0 Å². The molecule has 1 rings (SSSR count). The standard InChI is InChI=1S/C7H8ClNO3/c1-12-7(8)4-2-3-6(5-7)9(10)11/h2-4H,5H2,1H3. The van der Waals surface area contributed by atoms with E-state index in [-0.39, 0.29) is 12.1 Å². The summed E-state index contributed by atoms with van der Waals surface area (Å²) in [5.41, 5.74) is 0.0642. The van der Waals surface area contributed by atoms with Crippen LogP contribution in [-0.2, 0) is 4.74 Å². The zero-order chi connectivity index (χ0) is 9.19. The number of methoxy groups -OCH3 is 1. The number of rotatable bonds is 2. The van der Waals surface area contributed by atoms with E-state index in [0.29, 0.717) is 0 Å². The number of alkyl halides is 1. The van der Waals surface area contributed by atoms with Crippen LogP contribution in [0.3, 0.4) is 0 Å². The van der Waals surface area contributed by atoms with Crippen molar-refractivity contribution in [3.05, 3.63) is 34.0 Å². The summed E-state index contributed by atoms with van der Waals surface area (Å²) < 4.78 is 4.89. The molecule has 0 aromatic heterocycles. The second-order valence-corrected chi connectivity index (χ2v) is 3.08. The van der Waals surface area contributed by atoms with Crippen LogP contribution in [0.4, 0.5) is 0 Å². The van der Waals surface area contributed by atoms with Gasteiger partial charge in [0.2, 0.25) is 0 Å². The Morgan fingerprint density at radius 1 is 1.83 bits per heavy atom. The van der Waals surface area contributed by atoms with E-state index in [9.17, 15) is 10.1 Å². The highest BCUT2D eigenvalue weighted by atomic mass is 35.5. The molecule has 0 aromatic carbocycles. The van der Waals surface area contributed by atoms with E-state index < -0.39 is 9.98 Å². The maximum atomic E-state index is 10.3. The smallest absolute Gasteiger partial charge is 0.250 e. The van der Waals surface area contributed by atoms with Gasteiger partial charge in [-0.1, -0.05) is 17.7 Å². The molecular weight excluding hydrogens is 182 g/mol. The molecule has 0 bridgehead atoms. The molecule has 0 heterocycles. The first-order chi connectivity index (χ1) is 5.57. The molecule has 1 aliphatic carbocycles. The lowest BCUT2D eigenvalue weighted by molar-refractivity contribution is -0.429. The van der Waals surface area contributed by atoms with Crippen molar-refractivity contribution in [1.29, 1.82) is 0 Å². The number of hydrogen-bond donors (Lipinski definition) is 0. The molecule has 5 heteroatoms. The fraction of sp³-hybridized carbons (Fsp3) is 0.429. The number of allylic oxidation sites excluding steroid dienone is 2. The molecule has 0 spiro atoms. The first-order valence-corrected chi connectivity index (χ1v) is 3.72. The van der Waals surface area contributed by atoms with E-state index in [1.807, 2.05) is 0 Å². The van der Waals surface area contributed by atoms with Gasteiger partial charge in [-0.05, 0) is 6.08 Å². The van der Waals surface area contributed by atoms with Crippen molar-refractivity contribution in [3.63, 3.8) is 0 Å². The quantitative estimate of drug-likeness (QED) is 0.377. The van der Waals surface area contributed by atoms with Crippen molar-refractivity contribution in [1.82, 2.24) is 0 Å². The predicted molar refractivity (Wildman–Crippen MR) is 44.4 cm³/mol. The number of hydrogen-bond acceptors (Lipinski definition) is 3. The largest absolute Gasteiger partial charge is 0.359 e. The molecule has 1 aliphatic rings. The van der Waals surface area contributed by atoms with Crippen LogP contribution in [0, 0.1) is 10.1 Å². The zero-order valence-corrected chi connectivity index (χ0v) is 7.25.